The van der Waals surface area contributed by atoms with Crippen LogP contribution in [0.2, 0.25) is 0 Å². The SMILES string of the molecule is Cc1c(C(F)(F)F)ncn(-c2ccc(F)cc2F)c1=O. The minimum absolute atomic E-state index is 0.374. The maximum Gasteiger partial charge on any atom is 0.433 e. The van der Waals surface area contributed by atoms with Crippen LogP contribution in [0.4, 0.5) is 22.0 Å². The highest BCUT2D eigenvalue weighted by molar-refractivity contribution is 5.35. The van der Waals surface area contributed by atoms with E-state index >= 15 is 0 Å². The molecule has 0 saturated heterocycles. The van der Waals surface area contributed by atoms with E-state index in [1.807, 2.05) is 0 Å². The van der Waals surface area contributed by atoms with Crippen LogP contribution < -0.4 is 5.56 Å². The first kappa shape index (κ1) is 14.2. The van der Waals surface area contributed by atoms with Gasteiger partial charge in [-0.3, -0.25) is 9.36 Å². The minimum atomic E-state index is -4.77. The molecule has 106 valence electrons. The summed E-state index contributed by atoms with van der Waals surface area (Å²) in [7, 11) is 0. The Hall–Kier alpha value is -2.25. The fourth-order valence-corrected chi connectivity index (χ4v) is 1.68. The normalized spacial score (nSPS) is 11.7. The molecule has 0 radical (unpaired) electrons. The smallest absolute Gasteiger partial charge is 0.269 e. The Kier molecular flexibility index (Phi) is 3.33. The molecule has 0 spiro atoms. The quantitative estimate of drug-likeness (QED) is 0.757. The predicted octanol–water partition coefficient (Wildman–Crippen LogP) is 2.84. The molecule has 0 atom stereocenters. The van der Waals surface area contributed by atoms with Crippen molar-refractivity contribution in [3.8, 4) is 5.69 Å². The molecule has 0 amide bonds. The summed E-state index contributed by atoms with van der Waals surface area (Å²) in [6.07, 6.45) is -4.21. The molecule has 0 unspecified atom stereocenters. The van der Waals surface area contributed by atoms with E-state index in [4.69, 9.17) is 0 Å². The van der Waals surface area contributed by atoms with Crippen molar-refractivity contribution in [2.75, 3.05) is 0 Å². The van der Waals surface area contributed by atoms with E-state index in [0.29, 0.717) is 17.0 Å². The molecule has 0 N–H and O–H groups in total. The standard InChI is InChI=1S/C12H7F5N2O/c1-6-10(12(15,16)17)18-5-19(11(6)20)9-3-2-7(13)4-8(9)14/h2-5H,1H3. The average molecular weight is 290 g/mol. The molecular weight excluding hydrogens is 283 g/mol. The molecule has 0 saturated carbocycles. The molecule has 1 aromatic heterocycles. The van der Waals surface area contributed by atoms with Crippen LogP contribution in [0.15, 0.2) is 29.3 Å². The molecule has 0 aliphatic heterocycles. The number of rotatable bonds is 1. The molecule has 1 heterocycles. The van der Waals surface area contributed by atoms with Gasteiger partial charge in [0.25, 0.3) is 5.56 Å². The summed E-state index contributed by atoms with van der Waals surface area (Å²) in [5.41, 5.74) is -3.44. The fraction of sp³-hybridized carbons (Fsp3) is 0.167. The van der Waals surface area contributed by atoms with Crippen molar-refractivity contribution in [2.45, 2.75) is 13.1 Å². The summed E-state index contributed by atoms with van der Waals surface area (Å²) in [5, 5.41) is 0. The number of hydrogen-bond acceptors (Lipinski definition) is 2. The Morgan fingerprint density at radius 3 is 2.40 bits per heavy atom. The Morgan fingerprint density at radius 2 is 1.85 bits per heavy atom. The first-order valence-electron chi connectivity index (χ1n) is 5.32. The Balaban J connectivity index is 2.66. The third kappa shape index (κ3) is 2.40. The third-order valence-electron chi connectivity index (χ3n) is 2.63. The molecule has 8 heteroatoms. The largest absolute Gasteiger partial charge is 0.433 e. The lowest BCUT2D eigenvalue weighted by molar-refractivity contribution is -0.141. The molecule has 2 aromatic rings. The first-order valence-corrected chi connectivity index (χ1v) is 5.32. The number of nitrogens with zero attached hydrogens (tertiary/aromatic N) is 2. The lowest BCUT2D eigenvalue weighted by atomic mass is 10.2. The molecular formula is C12H7F5N2O. The summed E-state index contributed by atoms with van der Waals surface area (Å²) in [6.45, 7) is 0.941. The first-order chi connectivity index (χ1) is 9.21. The molecule has 0 aliphatic carbocycles. The van der Waals surface area contributed by atoms with Crippen LogP contribution >= 0.6 is 0 Å². The van der Waals surface area contributed by atoms with Gasteiger partial charge in [0.2, 0.25) is 0 Å². The van der Waals surface area contributed by atoms with Crippen molar-refractivity contribution in [1.29, 1.82) is 0 Å². The van der Waals surface area contributed by atoms with Crippen molar-refractivity contribution >= 4 is 0 Å². The van der Waals surface area contributed by atoms with Crippen LogP contribution in [0.5, 0.6) is 0 Å². The summed E-state index contributed by atoms with van der Waals surface area (Å²) in [5.74, 6) is -1.94. The van der Waals surface area contributed by atoms with Crippen molar-refractivity contribution in [1.82, 2.24) is 9.55 Å². The van der Waals surface area contributed by atoms with E-state index in [0.717, 1.165) is 19.1 Å². The maximum absolute atomic E-state index is 13.5. The van der Waals surface area contributed by atoms with Gasteiger partial charge in [-0.15, -0.1) is 0 Å². The number of benzene rings is 1. The topological polar surface area (TPSA) is 34.9 Å². The van der Waals surface area contributed by atoms with E-state index in [2.05, 4.69) is 4.98 Å². The summed E-state index contributed by atoms with van der Waals surface area (Å²) < 4.78 is 64.6. The maximum atomic E-state index is 13.5. The third-order valence-corrected chi connectivity index (χ3v) is 2.63. The molecule has 1 aromatic carbocycles. The molecule has 20 heavy (non-hydrogen) atoms. The molecule has 0 fully saturated rings. The second kappa shape index (κ2) is 4.69. The Labute approximate surface area is 109 Å². The lowest BCUT2D eigenvalue weighted by Gasteiger charge is -2.12. The van der Waals surface area contributed by atoms with Gasteiger partial charge in [0.05, 0.1) is 5.69 Å². The van der Waals surface area contributed by atoms with Crippen LogP contribution in [0, 0.1) is 18.6 Å². The Morgan fingerprint density at radius 1 is 1.20 bits per heavy atom. The van der Waals surface area contributed by atoms with Crippen LogP contribution in [0.3, 0.4) is 0 Å². The lowest BCUT2D eigenvalue weighted by Crippen LogP contribution is -2.27. The van der Waals surface area contributed by atoms with Gasteiger partial charge in [0.15, 0.2) is 5.69 Å². The second-order valence-electron chi connectivity index (χ2n) is 3.99. The van der Waals surface area contributed by atoms with Gasteiger partial charge in [-0.05, 0) is 19.1 Å². The van der Waals surface area contributed by atoms with Gasteiger partial charge in [-0.25, -0.2) is 13.8 Å². The van der Waals surface area contributed by atoms with Crippen molar-refractivity contribution in [2.24, 2.45) is 0 Å². The number of halogens is 5. The van der Waals surface area contributed by atoms with E-state index in [1.165, 1.54) is 0 Å². The van der Waals surface area contributed by atoms with Gasteiger partial charge in [-0.2, -0.15) is 13.2 Å². The highest BCUT2D eigenvalue weighted by Crippen LogP contribution is 2.28. The molecule has 2 rings (SSSR count). The zero-order chi connectivity index (χ0) is 15.1. The monoisotopic (exact) mass is 290 g/mol. The predicted molar refractivity (Wildman–Crippen MR) is 59.5 cm³/mol. The van der Waals surface area contributed by atoms with Crippen LogP contribution in [-0.4, -0.2) is 9.55 Å². The zero-order valence-corrected chi connectivity index (χ0v) is 10.0. The zero-order valence-electron chi connectivity index (χ0n) is 10.0. The van der Waals surface area contributed by atoms with Crippen LogP contribution in [0.1, 0.15) is 11.3 Å². The number of aromatic nitrogens is 2. The van der Waals surface area contributed by atoms with E-state index in [1.54, 1.807) is 0 Å². The van der Waals surface area contributed by atoms with E-state index in [-0.39, 0.29) is 5.69 Å². The van der Waals surface area contributed by atoms with Crippen molar-refractivity contribution < 1.29 is 22.0 Å². The molecule has 0 aliphatic rings. The number of alkyl halides is 3. The van der Waals surface area contributed by atoms with Gasteiger partial charge in [0.1, 0.15) is 18.0 Å². The second-order valence-corrected chi connectivity index (χ2v) is 3.99. The van der Waals surface area contributed by atoms with Gasteiger partial charge >= 0.3 is 6.18 Å². The highest BCUT2D eigenvalue weighted by atomic mass is 19.4. The van der Waals surface area contributed by atoms with Crippen LogP contribution in [-0.2, 0) is 6.18 Å². The van der Waals surface area contributed by atoms with Crippen molar-refractivity contribution in [3.63, 3.8) is 0 Å². The highest BCUT2D eigenvalue weighted by Gasteiger charge is 2.35. The van der Waals surface area contributed by atoms with Gasteiger partial charge < -0.3 is 0 Å². The van der Waals surface area contributed by atoms with E-state index < -0.39 is 34.6 Å². The van der Waals surface area contributed by atoms with Crippen molar-refractivity contribution in [3.05, 3.63) is 57.8 Å². The van der Waals surface area contributed by atoms with E-state index in [9.17, 15) is 26.7 Å². The Bertz CT molecular complexity index is 721. The summed E-state index contributed by atoms with van der Waals surface area (Å²) in [6, 6.07) is 2.35. The van der Waals surface area contributed by atoms with Crippen LogP contribution in [0.25, 0.3) is 5.69 Å². The summed E-state index contributed by atoms with van der Waals surface area (Å²) in [4.78, 5) is 15.0. The fourth-order valence-electron chi connectivity index (χ4n) is 1.68. The molecule has 3 nitrogen and oxygen atoms in total. The summed E-state index contributed by atoms with van der Waals surface area (Å²) >= 11 is 0. The van der Waals surface area contributed by atoms with Gasteiger partial charge in [0, 0.05) is 11.6 Å². The molecule has 0 bridgehead atoms. The average Bonchev–Trinajstić information content (AvgIpc) is 2.32. The minimum Gasteiger partial charge on any atom is -0.269 e. The van der Waals surface area contributed by atoms with Gasteiger partial charge in [-0.1, -0.05) is 0 Å². The number of hydrogen-bond donors (Lipinski definition) is 0.